The van der Waals surface area contributed by atoms with Crippen molar-refractivity contribution in [3.8, 4) is 11.3 Å². The van der Waals surface area contributed by atoms with Gasteiger partial charge in [0.05, 0.1) is 5.69 Å². The lowest BCUT2D eigenvalue weighted by Crippen LogP contribution is -2.43. The Balaban J connectivity index is 1.89. The molecular weight excluding hydrogens is 245 g/mol. The van der Waals surface area contributed by atoms with Crippen molar-refractivity contribution in [1.82, 2.24) is 10.3 Å². The summed E-state index contributed by atoms with van der Waals surface area (Å²) < 4.78 is 19.4. The highest BCUT2D eigenvalue weighted by molar-refractivity contribution is 5.63. The zero-order chi connectivity index (χ0) is 13.2. The van der Waals surface area contributed by atoms with Gasteiger partial charge in [-0.25, -0.2) is 9.37 Å². The second-order valence-corrected chi connectivity index (χ2v) is 4.66. The van der Waals surface area contributed by atoms with Gasteiger partial charge in [0.1, 0.15) is 17.8 Å². The molecule has 2 aromatic rings. The third-order valence-electron chi connectivity index (χ3n) is 3.32. The SMILES string of the molecule is Cc1nc(-c2ccc(N3CCNCC3)c(F)c2)co1. The predicted octanol–water partition coefficient (Wildman–Crippen LogP) is 2.20. The summed E-state index contributed by atoms with van der Waals surface area (Å²) in [6.07, 6.45) is 1.55. The molecule has 0 amide bonds. The molecule has 0 atom stereocenters. The van der Waals surface area contributed by atoms with E-state index in [1.54, 1.807) is 13.2 Å². The number of oxazole rings is 1. The van der Waals surface area contributed by atoms with E-state index in [9.17, 15) is 4.39 Å². The molecule has 19 heavy (non-hydrogen) atoms. The van der Waals surface area contributed by atoms with Gasteiger partial charge in [-0.15, -0.1) is 0 Å². The van der Waals surface area contributed by atoms with E-state index in [2.05, 4.69) is 15.2 Å². The maximum Gasteiger partial charge on any atom is 0.191 e. The van der Waals surface area contributed by atoms with E-state index in [0.29, 0.717) is 17.3 Å². The number of anilines is 1. The molecule has 1 aliphatic rings. The highest BCUT2D eigenvalue weighted by Crippen LogP contribution is 2.26. The number of aryl methyl sites for hydroxylation is 1. The highest BCUT2D eigenvalue weighted by atomic mass is 19.1. The minimum atomic E-state index is -0.208. The molecule has 4 nitrogen and oxygen atoms in total. The van der Waals surface area contributed by atoms with Crippen LogP contribution in [0.5, 0.6) is 0 Å². The van der Waals surface area contributed by atoms with Crippen LogP contribution in [0, 0.1) is 12.7 Å². The molecule has 100 valence electrons. The van der Waals surface area contributed by atoms with Crippen LogP contribution < -0.4 is 10.2 Å². The Morgan fingerprint density at radius 1 is 1.32 bits per heavy atom. The van der Waals surface area contributed by atoms with Crippen molar-refractivity contribution in [2.45, 2.75) is 6.92 Å². The number of nitrogens with one attached hydrogen (secondary N) is 1. The molecule has 1 aromatic heterocycles. The van der Waals surface area contributed by atoms with Crippen molar-refractivity contribution < 1.29 is 8.81 Å². The van der Waals surface area contributed by atoms with Crippen LogP contribution in [-0.4, -0.2) is 31.2 Å². The molecule has 5 heteroatoms. The average molecular weight is 261 g/mol. The minimum Gasteiger partial charge on any atom is -0.449 e. The molecule has 0 spiro atoms. The first kappa shape index (κ1) is 12.2. The Morgan fingerprint density at radius 2 is 2.11 bits per heavy atom. The van der Waals surface area contributed by atoms with Gasteiger partial charge in [0.15, 0.2) is 5.89 Å². The first-order valence-electron chi connectivity index (χ1n) is 6.42. The fourth-order valence-corrected chi connectivity index (χ4v) is 2.32. The fourth-order valence-electron chi connectivity index (χ4n) is 2.32. The number of halogens is 1. The van der Waals surface area contributed by atoms with E-state index in [-0.39, 0.29) is 5.82 Å². The maximum atomic E-state index is 14.2. The van der Waals surface area contributed by atoms with Crippen LogP contribution in [0.1, 0.15) is 5.89 Å². The van der Waals surface area contributed by atoms with E-state index < -0.39 is 0 Å². The number of rotatable bonds is 2. The van der Waals surface area contributed by atoms with E-state index in [1.165, 1.54) is 6.07 Å². The summed E-state index contributed by atoms with van der Waals surface area (Å²) in [6, 6.07) is 5.23. The molecule has 1 fully saturated rings. The van der Waals surface area contributed by atoms with Crippen LogP contribution in [0.25, 0.3) is 11.3 Å². The van der Waals surface area contributed by atoms with Crippen molar-refractivity contribution in [2.75, 3.05) is 31.1 Å². The Hall–Kier alpha value is -1.88. The first-order chi connectivity index (χ1) is 9.24. The Kier molecular flexibility index (Phi) is 3.21. The molecule has 3 rings (SSSR count). The number of benzene rings is 1. The zero-order valence-corrected chi connectivity index (χ0v) is 10.8. The molecule has 1 aliphatic heterocycles. The van der Waals surface area contributed by atoms with E-state index in [4.69, 9.17) is 4.42 Å². The zero-order valence-electron chi connectivity index (χ0n) is 10.8. The smallest absolute Gasteiger partial charge is 0.191 e. The van der Waals surface area contributed by atoms with E-state index in [1.807, 2.05) is 12.1 Å². The monoisotopic (exact) mass is 261 g/mol. The van der Waals surface area contributed by atoms with Crippen molar-refractivity contribution in [1.29, 1.82) is 0 Å². The van der Waals surface area contributed by atoms with Gasteiger partial charge in [-0.2, -0.15) is 0 Å². The highest BCUT2D eigenvalue weighted by Gasteiger charge is 2.15. The molecule has 0 radical (unpaired) electrons. The van der Waals surface area contributed by atoms with Crippen molar-refractivity contribution in [3.05, 3.63) is 36.2 Å². The summed E-state index contributed by atoms with van der Waals surface area (Å²) in [7, 11) is 0. The summed E-state index contributed by atoms with van der Waals surface area (Å²) in [5.74, 6) is 0.377. The molecule has 0 aliphatic carbocycles. The topological polar surface area (TPSA) is 41.3 Å². The number of hydrogen-bond donors (Lipinski definition) is 1. The average Bonchev–Trinajstić information content (AvgIpc) is 2.86. The molecule has 1 aromatic carbocycles. The van der Waals surface area contributed by atoms with Gasteiger partial charge in [0.25, 0.3) is 0 Å². The van der Waals surface area contributed by atoms with Crippen LogP contribution in [0.2, 0.25) is 0 Å². The van der Waals surface area contributed by atoms with Crippen LogP contribution in [0.15, 0.2) is 28.9 Å². The lowest BCUT2D eigenvalue weighted by molar-refractivity contribution is 0.521. The Bertz CT molecular complexity index is 576. The molecule has 0 saturated carbocycles. The standard InChI is InChI=1S/C14H16FN3O/c1-10-17-13(9-19-10)11-2-3-14(12(15)8-11)18-6-4-16-5-7-18/h2-3,8-9,16H,4-7H2,1H3. The minimum absolute atomic E-state index is 0.208. The number of piperazine rings is 1. The van der Waals surface area contributed by atoms with Crippen LogP contribution >= 0.6 is 0 Å². The van der Waals surface area contributed by atoms with Gasteiger partial charge < -0.3 is 14.6 Å². The predicted molar refractivity (Wildman–Crippen MR) is 71.7 cm³/mol. The van der Waals surface area contributed by atoms with Gasteiger partial charge in [0.2, 0.25) is 0 Å². The van der Waals surface area contributed by atoms with Gasteiger partial charge in [-0.1, -0.05) is 6.07 Å². The van der Waals surface area contributed by atoms with E-state index in [0.717, 1.165) is 31.7 Å². The lowest BCUT2D eigenvalue weighted by atomic mass is 10.1. The lowest BCUT2D eigenvalue weighted by Gasteiger charge is -2.29. The summed E-state index contributed by atoms with van der Waals surface area (Å²) in [6.45, 7) is 5.22. The quantitative estimate of drug-likeness (QED) is 0.899. The van der Waals surface area contributed by atoms with E-state index >= 15 is 0 Å². The molecule has 2 heterocycles. The van der Waals surface area contributed by atoms with Gasteiger partial charge in [0, 0.05) is 38.7 Å². The summed E-state index contributed by atoms with van der Waals surface area (Å²) in [5.41, 5.74) is 2.07. The first-order valence-corrected chi connectivity index (χ1v) is 6.42. The van der Waals surface area contributed by atoms with Gasteiger partial charge in [-0.05, 0) is 12.1 Å². The maximum absolute atomic E-state index is 14.2. The number of aromatic nitrogens is 1. The van der Waals surface area contributed by atoms with Crippen molar-refractivity contribution in [3.63, 3.8) is 0 Å². The summed E-state index contributed by atoms with van der Waals surface area (Å²) in [4.78, 5) is 6.27. The fraction of sp³-hybridized carbons (Fsp3) is 0.357. The van der Waals surface area contributed by atoms with Gasteiger partial charge in [-0.3, -0.25) is 0 Å². The van der Waals surface area contributed by atoms with Crippen LogP contribution in [0.3, 0.4) is 0 Å². The molecule has 1 N–H and O–H groups in total. The largest absolute Gasteiger partial charge is 0.449 e. The molecule has 1 saturated heterocycles. The van der Waals surface area contributed by atoms with Crippen molar-refractivity contribution >= 4 is 5.69 Å². The van der Waals surface area contributed by atoms with Crippen molar-refractivity contribution in [2.24, 2.45) is 0 Å². The number of nitrogens with zero attached hydrogens (tertiary/aromatic N) is 2. The molecule has 0 bridgehead atoms. The normalized spacial score (nSPS) is 15.8. The Morgan fingerprint density at radius 3 is 2.74 bits per heavy atom. The number of hydrogen-bond acceptors (Lipinski definition) is 4. The van der Waals surface area contributed by atoms with Gasteiger partial charge >= 0.3 is 0 Å². The van der Waals surface area contributed by atoms with Crippen LogP contribution in [0.4, 0.5) is 10.1 Å². The Labute approximate surface area is 111 Å². The third-order valence-corrected chi connectivity index (χ3v) is 3.32. The summed E-state index contributed by atoms with van der Waals surface area (Å²) >= 11 is 0. The second-order valence-electron chi connectivity index (χ2n) is 4.66. The summed E-state index contributed by atoms with van der Waals surface area (Å²) in [5, 5.41) is 3.26. The third kappa shape index (κ3) is 2.46. The molecular formula is C14H16FN3O. The molecule has 0 unspecified atom stereocenters. The second kappa shape index (κ2) is 5.01. The van der Waals surface area contributed by atoms with Crippen LogP contribution in [-0.2, 0) is 0 Å².